The van der Waals surface area contributed by atoms with Crippen LogP contribution in [0.5, 0.6) is 5.75 Å². The number of aryl methyl sites for hydroxylation is 1. The predicted molar refractivity (Wildman–Crippen MR) is 129 cm³/mol. The molecule has 1 aliphatic carbocycles. The Morgan fingerprint density at radius 2 is 2.06 bits per heavy atom. The molecule has 2 heterocycles. The van der Waals surface area contributed by atoms with Crippen LogP contribution in [0.15, 0.2) is 54.9 Å². The van der Waals surface area contributed by atoms with Crippen molar-refractivity contribution in [2.45, 2.75) is 44.8 Å². The van der Waals surface area contributed by atoms with E-state index in [1.807, 2.05) is 6.92 Å². The fourth-order valence-corrected chi connectivity index (χ4v) is 4.06. The van der Waals surface area contributed by atoms with Crippen molar-refractivity contribution in [3.05, 3.63) is 77.5 Å². The maximum Gasteiger partial charge on any atom is 0.320 e. The number of urea groups is 1. The third-order valence-electron chi connectivity index (χ3n) is 5.69. The van der Waals surface area contributed by atoms with Gasteiger partial charge in [-0.25, -0.2) is 14.2 Å². The van der Waals surface area contributed by atoms with Crippen LogP contribution in [0, 0.1) is 18.2 Å². The zero-order valence-corrected chi connectivity index (χ0v) is 18.8. The minimum atomic E-state index is -0.393. The van der Waals surface area contributed by atoms with E-state index < -0.39 is 6.03 Å². The summed E-state index contributed by atoms with van der Waals surface area (Å²) in [6, 6.07) is 10.7. The zero-order chi connectivity index (χ0) is 24.1. The molecule has 2 amide bonds. The summed E-state index contributed by atoms with van der Waals surface area (Å²) in [6.07, 6.45) is 6.21. The summed E-state index contributed by atoms with van der Waals surface area (Å²) in [5.41, 5.74) is 8.68. The molecule has 176 valence electrons. The molecule has 0 aliphatic heterocycles. The average Bonchev–Trinajstić information content (AvgIpc) is 2.79. The Bertz CT molecular complexity index is 1200. The molecule has 4 rings (SSSR count). The molecule has 1 aliphatic rings. The van der Waals surface area contributed by atoms with Crippen LogP contribution in [-0.2, 0) is 0 Å². The lowest BCUT2D eigenvalue weighted by Gasteiger charge is -2.30. The van der Waals surface area contributed by atoms with Crippen LogP contribution < -0.4 is 21.1 Å². The number of amides is 2. The molecule has 2 aromatic heterocycles. The van der Waals surface area contributed by atoms with Gasteiger partial charge in [0.15, 0.2) is 0 Å². The van der Waals surface area contributed by atoms with E-state index >= 15 is 0 Å². The van der Waals surface area contributed by atoms with Crippen molar-refractivity contribution in [1.29, 1.82) is 5.41 Å². The van der Waals surface area contributed by atoms with Crippen molar-refractivity contribution >= 4 is 23.2 Å². The van der Waals surface area contributed by atoms with Crippen molar-refractivity contribution in [2.75, 3.05) is 11.1 Å². The van der Waals surface area contributed by atoms with Crippen LogP contribution >= 0.6 is 0 Å². The van der Waals surface area contributed by atoms with Gasteiger partial charge >= 0.3 is 6.03 Å². The van der Waals surface area contributed by atoms with Crippen LogP contribution in [0.3, 0.4) is 0 Å². The highest BCUT2D eigenvalue weighted by atomic mass is 19.1. The van der Waals surface area contributed by atoms with Crippen molar-refractivity contribution in [2.24, 2.45) is 0 Å². The van der Waals surface area contributed by atoms with E-state index in [2.05, 4.69) is 20.6 Å². The first-order valence-electron chi connectivity index (χ1n) is 11.1. The van der Waals surface area contributed by atoms with Gasteiger partial charge in [-0.15, -0.1) is 0 Å². The van der Waals surface area contributed by atoms with Gasteiger partial charge in [0.1, 0.15) is 23.5 Å². The second-order valence-electron chi connectivity index (χ2n) is 8.38. The summed E-state index contributed by atoms with van der Waals surface area (Å²) < 4.78 is 19.3. The molecule has 0 radical (unpaired) electrons. The van der Waals surface area contributed by atoms with Gasteiger partial charge in [-0.3, -0.25) is 15.7 Å². The number of carbonyl (C=O) groups excluding carboxylic acids is 1. The maximum atomic E-state index is 13.4. The number of aromatic nitrogens is 2. The van der Waals surface area contributed by atoms with Gasteiger partial charge in [-0.2, -0.15) is 0 Å². The Hall–Kier alpha value is -4.01. The monoisotopic (exact) mass is 462 g/mol. The van der Waals surface area contributed by atoms with E-state index in [-0.39, 0.29) is 23.7 Å². The molecule has 2 unspecified atom stereocenters. The molecular weight excluding hydrogens is 435 g/mol. The fraction of sp³-hybridized carbons (Fsp3) is 0.280. The molecule has 1 saturated carbocycles. The topological polar surface area (TPSA) is 126 Å². The Labute approximate surface area is 197 Å². The highest BCUT2D eigenvalue weighted by Crippen LogP contribution is 2.25. The summed E-state index contributed by atoms with van der Waals surface area (Å²) in [7, 11) is 0. The summed E-state index contributed by atoms with van der Waals surface area (Å²) in [5, 5.41) is 14.1. The maximum absolute atomic E-state index is 13.4. The van der Waals surface area contributed by atoms with Gasteiger partial charge in [-0.1, -0.05) is 6.07 Å². The molecule has 8 nitrogen and oxygen atoms in total. The minimum Gasteiger partial charge on any atom is -0.490 e. The predicted octanol–water partition coefficient (Wildman–Crippen LogP) is 4.43. The van der Waals surface area contributed by atoms with Crippen molar-refractivity contribution in [3.63, 3.8) is 0 Å². The number of ether oxygens (including phenoxy) is 1. The second kappa shape index (κ2) is 10.3. The molecule has 2 atom stereocenters. The number of pyridine rings is 2. The number of nitrogens with one attached hydrogen (secondary N) is 3. The summed E-state index contributed by atoms with van der Waals surface area (Å²) in [4.78, 5) is 20.9. The van der Waals surface area contributed by atoms with Crippen LogP contribution in [-0.4, -0.2) is 33.9 Å². The van der Waals surface area contributed by atoms with E-state index in [0.717, 1.165) is 25.0 Å². The fourth-order valence-electron chi connectivity index (χ4n) is 4.06. The lowest BCUT2D eigenvalue weighted by atomic mass is 9.93. The first kappa shape index (κ1) is 23.2. The molecule has 0 saturated heterocycles. The van der Waals surface area contributed by atoms with Crippen LogP contribution in [0.2, 0.25) is 0 Å². The van der Waals surface area contributed by atoms with Crippen molar-refractivity contribution < 1.29 is 13.9 Å². The normalized spacial score (nSPS) is 17.6. The summed E-state index contributed by atoms with van der Waals surface area (Å²) >= 11 is 0. The Kier molecular flexibility index (Phi) is 7.01. The van der Waals surface area contributed by atoms with Gasteiger partial charge in [0.05, 0.1) is 5.71 Å². The minimum absolute atomic E-state index is 0.0768. The Balaban J connectivity index is 1.33. The SMILES string of the molecule is Cc1cc(C(=N)c2cnc(NC(=O)NC3CCCC(Oc4cccc(F)c4)C3)cc2N)ccn1. The molecule has 1 aromatic carbocycles. The number of nitrogens with two attached hydrogens (primary N) is 1. The van der Waals surface area contributed by atoms with Gasteiger partial charge in [0.2, 0.25) is 0 Å². The number of hydrogen-bond donors (Lipinski definition) is 4. The van der Waals surface area contributed by atoms with E-state index in [1.165, 1.54) is 24.4 Å². The Morgan fingerprint density at radius 1 is 1.21 bits per heavy atom. The highest BCUT2D eigenvalue weighted by molar-refractivity contribution is 6.13. The number of benzene rings is 1. The first-order chi connectivity index (χ1) is 16.4. The Morgan fingerprint density at radius 3 is 2.82 bits per heavy atom. The number of carbonyl (C=O) groups is 1. The van der Waals surface area contributed by atoms with Crippen LogP contribution in [0.4, 0.5) is 20.7 Å². The van der Waals surface area contributed by atoms with Gasteiger partial charge < -0.3 is 15.8 Å². The number of nitrogen functional groups attached to an aromatic ring is 1. The van der Waals surface area contributed by atoms with E-state index in [1.54, 1.807) is 30.5 Å². The van der Waals surface area contributed by atoms with Crippen LogP contribution in [0.1, 0.15) is 42.5 Å². The smallest absolute Gasteiger partial charge is 0.320 e. The average molecular weight is 463 g/mol. The molecular formula is C25H27FN6O2. The zero-order valence-electron chi connectivity index (χ0n) is 18.8. The van der Waals surface area contributed by atoms with Crippen molar-refractivity contribution in [3.8, 4) is 5.75 Å². The largest absolute Gasteiger partial charge is 0.490 e. The van der Waals surface area contributed by atoms with E-state index in [9.17, 15) is 9.18 Å². The third-order valence-corrected chi connectivity index (χ3v) is 5.69. The third kappa shape index (κ3) is 5.86. The number of anilines is 2. The standard InChI is InChI=1S/C25H27FN6O2/c1-15-10-16(8-9-29-15)24(28)21-14-30-23(13-22(21)27)32-25(33)31-18-5-3-7-20(12-18)34-19-6-2-4-17(26)11-19/h2,4,6,8-11,13-14,18,20,28H,3,5,7,12H2,1H3,(H4,27,30,31,32,33). The number of rotatable bonds is 6. The molecule has 34 heavy (non-hydrogen) atoms. The van der Waals surface area contributed by atoms with Gasteiger partial charge in [-0.05, 0) is 50.5 Å². The van der Waals surface area contributed by atoms with E-state index in [0.29, 0.717) is 34.8 Å². The molecule has 9 heteroatoms. The quantitative estimate of drug-likeness (QED) is 0.403. The van der Waals surface area contributed by atoms with Gasteiger partial charge in [0, 0.05) is 59.5 Å². The van der Waals surface area contributed by atoms with Crippen molar-refractivity contribution in [1.82, 2.24) is 15.3 Å². The van der Waals surface area contributed by atoms with Crippen LogP contribution in [0.25, 0.3) is 0 Å². The molecule has 3 aromatic rings. The number of hydrogen-bond acceptors (Lipinski definition) is 6. The number of halogens is 1. The first-order valence-corrected chi connectivity index (χ1v) is 11.1. The highest BCUT2D eigenvalue weighted by Gasteiger charge is 2.25. The summed E-state index contributed by atoms with van der Waals surface area (Å²) in [6.45, 7) is 1.85. The molecule has 0 spiro atoms. The molecule has 0 bridgehead atoms. The van der Waals surface area contributed by atoms with Gasteiger partial charge in [0.25, 0.3) is 0 Å². The lowest BCUT2D eigenvalue weighted by Crippen LogP contribution is -2.43. The molecule has 1 fully saturated rings. The second-order valence-corrected chi connectivity index (χ2v) is 8.38. The lowest BCUT2D eigenvalue weighted by molar-refractivity contribution is 0.136. The molecule has 5 N–H and O–H groups in total. The van der Waals surface area contributed by atoms with E-state index in [4.69, 9.17) is 15.9 Å². The number of nitrogens with zero attached hydrogens (tertiary/aromatic N) is 2. The summed E-state index contributed by atoms with van der Waals surface area (Å²) in [5.74, 6) is 0.439.